The third kappa shape index (κ3) is 2.84. The molecular weight excluding hydrogens is 262 g/mol. The van der Waals surface area contributed by atoms with Gasteiger partial charge in [0.15, 0.2) is 0 Å². The van der Waals surface area contributed by atoms with E-state index in [0.29, 0.717) is 0 Å². The molecule has 0 aliphatic carbocycles. The van der Waals surface area contributed by atoms with Crippen molar-refractivity contribution in [3.05, 3.63) is 53.0 Å². The molecule has 112 valence electrons. The number of fused-ring (bicyclic) bond motifs is 1. The van der Waals surface area contributed by atoms with Crippen LogP contribution in [0.15, 0.2) is 34.9 Å². The fourth-order valence-corrected chi connectivity index (χ4v) is 3.01. The number of furan rings is 1. The van der Waals surface area contributed by atoms with Gasteiger partial charge in [0.05, 0.1) is 18.9 Å². The normalized spacial score (nSPS) is 15.3. The van der Waals surface area contributed by atoms with Crippen molar-refractivity contribution < 1.29 is 9.15 Å². The number of rotatable bonds is 5. The highest BCUT2D eigenvalue weighted by Gasteiger charge is 2.24. The molecule has 0 amide bonds. The van der Waals surface area contributed by atoms with Gasteiger partial charge in [-0.2, -0.15) is 0 Å². The lowest BCUT2D eigenvalue weighted by atomic mass is 9.94. The van der Waals surface area contributed by atoms with Crippen LogP contribution in [0.25, 0.3) is 0 Å². The minimum atomic E-state index is 0.136. The van der Waals surface area contributed by atoms with Crippen LogP contribution in [0.1, 0.15) is 48.3 Å². The summed E-state index contributed by atoms with van der Waals surface area (Å²) in [6.45, 7) is 5.99. The average Bonchev–Trinajstić information content (AvgIpc) is 2.94. The summed E-state index contributed by atoms with van der Waals surface area (Å²) in [5.41, 5.74) is 3.75. The molecule has 1 unspecified atom stereocenters. The third-order valence-corrected chi connectivity index (χ3v) is 4.08. The first-order valence-corrected chi connectivity index (χ1v) is 7.83. The lowest BCUT2D eigenvalue weighted by Crippen LogP contribution is -2.25. The highest BCUT2D eigenvalue weighted by Crippen LogP contribution is 2.36. The number of ether oxygens (including phenoxy) is 1. The molecule has 1 N–H and O–H groups in total. The fourth-order valence-electron chi connectivity index (χ4n) is 3.01. The summed E-state index contributed by atoms with van der Waals surface area (Å²) in [6, 6.07) is 8.68. The van der Waals surface area contributed by atoms with Gasteiger partial charge in [-0.05, 0) is 44.4 Å². The zero-order valence-corrected chi connectivity index (χ0v) is 12.8. The van der Waals surface area contributed by atoms with Crippen LogP contribution in [0, 0.1) is 6.92 Å². The second-order valence-corrected chi connectivity index (χ2v) is 5.61. The van der Waals surface area contributed by atoms with Crippen LogP contribution in [0.5, 0.6) is 5.75 Å². The van der Waals surface area contributed by atoms with Crippen LogP contribution >= 0.6 is 0 Å². The first-order chi connectivity index (χ1) is 10.3. The first kappa shape index (κ1) is 14.2. The van der Waals surface area contributed by atoms with Gasteiger partial charge in [-0.1, -0.05) is 25.1 Å². The van der Waals surface area contributed by atoms with Crippen LogP contribution in [0.3, 0.4) is 0 Å². The number of aryl methyl sites for hydroxylation is 2. The van der Waals surface area contributed by atoms with Crippen LogP contribution in [0.4, 0.5) is 0 Å². The third-order valence-electron chi connectivity index (χ3n) is 4.08. The SMILES string of the molecule is CCCNC(c1ccoc1C)c1cccc2c1OCCC2. The van der Waals surface area contributed by atoms with Gasteiger partial charge in [0.25, 0.3) is 0 Å². The molecule has 21 heavy (non-hydrogen) atoms. The van der Waals surface area contributed by atoms with Crippen molar-refractivity contribution in [1.82, 2.24) is 5.32 Å². The highest BCUT2D eigenvalue weighted by molar-refractivity contribution is 5.48. The molecule has 1 aromatic heterocycles. The summed E-state index contributed by atoms with van der Waals surface area (Å²) in [5, 5.41) is 3.64. The second kappa shape index (κ2) is 6.35. The molecule has 1 aliphatic rings. The number of hydrogen-bond acceptors (Lipinski definition) is 3. The van der Waals surface area contributed by atoms with E-state index in [1.807, 2.05) is 6.92 Å². The standard InChI is InChI=1S/C18H23NO2/c1-3-10-19-17(15-9-12-20-13(15)2)16-8-4-6-14-7-5-11-21-18(14)16/h4,6,8-9,12,17,19H,3,5,7,10-11H2,1-2H3. The number of para-hydroxylation sites is 1. The molecule has 0 bridgehead atoms. The molecule has 2 heterocycles. The van der Waals surface area contributed by atoms with Crippen LogP contribution < -0.4 is 10.1 Å². The van der Waals surface area contributed by atoms with Gasteiger partial charge in [-0.25, -0.2) is 0 Å². The predicted molar refractivity (Wildman–Crippen MR) is 83.8 cm³/mol. The van der Waals surface area contributed by atoms with E-state index in [2.05, 4.69) is 36.5 Å². The molecule has 1 atom stereocenters. The Balaban J connectivity index is 2.02. The molecule has 1 aliphatic heterocycles. The van der Waals surface area contributed by atoms with E-state index in [-0.39, 0.29) is 6.04 Å². The molecule has 3 nitrogen and oxygen atoms in total. The Morgan fingerprint density at radius 2 is 2.14 bits per heavy atom. The molecule has 0 saturated heterocycles. The van der Waals surface area contributed by atoms with Gasteiger partial charge in [-0.15, -0.1) is 0 Å². The van der Waals surface area contributed by atoms with Crippen LogP contribution in [-0.2, 0) is 6.42 Å². The number of nitrogens with one attached hydrogen (secondary N) is 1. The van der Waals surface area contributed by atoms with Crippen molar-refractivity contribution in [1.29, 1.82) is 0 Å². The van der Waals surface area contributed by atoms with E-state index in [4.69, 9.17) is 9.15 Å². The van der Waals surface area contributed by atoms with E-state index in [1.165, 1.54) is 16.7 Å². The minimum Gasteiger partial charge on any atom is -0.493 e. The average molecular weight is 285 g/mol. The van der Waals surface area contributed by atoms with E-state index in [9.17, 15) is 0 Å². The van der Waals surface area contributed by atoms with Crippen LogP contribution in [0.2, 0.25) is 0 Å². The zero-order chi connectivity index (χ0) is 14.7. The van der Waals surface area contributed by atoms with Crippen molar-refractivity contribution in [2.45, 2.75) is 39.2 Å². The van der Waals surface area contributed by atoms with Gasteiger partial charge in [0.2, 0.25) is 0 Å². The van der Waals surface area contributed by atoms with Crippen molar-refractivity contribution in [3.63, 3.8) is 0 Å². The molecule has 0 saturated carbocycles. The smallest absolute Gasteiger partial charge is 0.127 e. The van der Waals surface area contributed by atoms with E-state index in [0.717, 1.165) is 43.9 Å². The predicted octanol–water partition coefficient (Wildman–Crippen LogP) is 4.00. The zero-order valence-electron chi connectivity index (χ0n) is 12.8. The monoisotopic (exact) mass is 285 g/mol. The van der Waals surface area contributed by atoms with Gasteiger partial charge in [-0.3, -0.25) is 0 Å². The molecule has 2 aromatic rings. The Kier molecular flexibility index (Phi) is 4.30. The lowest BCUT2D eigenvalue weighted by molar-refractivity contribution is 0.283. The van der Waals surface area contributed by atoms with Crippen molar-refractivity contribution in [2.24, 2.45) is 0 Å². The maximum Gasteiger partial charge on any atom is 0.127 e. The Bertz CT molecular complexity index is 603. The van der Waals surface area contributed by atoms with Gasteiger partial charge >= 0.3 is 0 Å². The Labute approximate surface area is 126 Å². The summed E-state index contributed by atoms with van der Waals surface area (Å²) < 4.78 is 11.5. The Morgan fingerprint density at radius 1 is 1.24 bits per heavy atom. The fraction of sp³-hybridized carbons (Fsp3) is 0.444. The lowest BCUT2D eigenvalue weighted by Gasteiger charge is -2.26. The van der Waals surface area contributed by atoms with Crippen molar-refractivity contribution in [3.8, 4) is 5.75 Å². The van der Waals surface area contributed by atoms with Gasteiger partial charge < -0.3 is 14.5 Å². The topological polar surface area (TPSA) is 34.4 Å². The number of hydrogen-bond donors (Lipinski definition) is 1. The first-order valence-electron chi connectivity index (χ1n) is 7.83. The summed E-state index contributed by atoms with van der Waals surface area (Å²) in [6.07, 6.45) is 5.08. The summed E-state index contributed by atoms with van der Waals surface area (Å²) in [4.78, 5) is 0. The second-order valence-electron chi connectivity index (χ2n) is 5.61. The summed E-state index contributed by atoms with van der Waals surface area (Å²) in [5.74, 6) is 2.04. The van der Waals surface area contributed by atoms with Gasteiger partial charge in [0.1, 0.15) is 11.5 Å². The largest absolute Gasteiger partial charge is 0.493 e. The highest BCUT2D eigenvalue weighted by atomic mass is 16.5. The van der Waals surface area contributed by atoms with E-state index >= 15 is 0 Å². The molecular formula is C18H23NO2. The Hall–Kier alpha value is -1.74. The van der Waals surface area contributed by atoms with Gasteiger partial charge in [0, 0.05) is 11.1 Å². The maximum atomic E-state index is 5.98. The van der Waals surface area contributed by atoms with E-state index in [1.54, 1.807) is 6.26 Å². The summed E-state index contributed by atoms with van der Waals surface area (Å²) >= 11 is 0. The molecule has 1 aromatic carbocycles. The summed E-state index contributed by atoms with van der Waals surface area (Å²) in [7, 11) is 0. The van der Waals surface area contributed by atoms with Crippen LogP contribution in [-0.4, -0.2) is 13.2 Å². The maximum absolute atomic E-state index is 5.98. The van der Waals surface area contributed by atoms with E-state index < -0.39 is 0 Å². The quantitative estimate of drug-likeness (QED) is 0.901. The molecule has 0 fully saturated rings. The van der Waals surface area contributed by atoms with Crippen molar-refractivity contribution in [2.75, 3.05) is 13.2 Å². The molecule has 0 radical (unpaired) electrons. The number of benzene rings is 1. The van der Waals surface area contributed by atoms with Crippen molar-refractivity contribution >= 4 is 0 Å². The molecule has 3 rings (SSSR count). The molecule has 3 heteroatoms. The molecule has 0 spiro atoms. The Morgan fingerprint density at radius 3 is 2.90 bits per heavy atom. The minimum absolute atomic E-state index is 0.136.